The summed E-state index contributed by atoms with van der Waals surface area (Å²) in [5, 5.41) is 0. The van der Waals surface area contributed by atoms with E-state index in [9.17, 15) is 14.4 Å². The Kier molecular flexibility index (Phi) is 5.17. The van der Waals surface area contributed by atoms with Crippen LogP contribution in [0.4, 0.5) is 0 Å². The molecule has 1 fully saturated rings. The Balaban J connectivity index is 2.18. The molecule has 4 N–H and O–H groups in total. The average molecular weight is 346 g/mol. The first-order valence-electron chi connectivity index (χ1n) is 8.29. The molecule has 0 atom stereocenters. The number of carbonyl (C=O) groups excluding carboxylic acids is 3. The average Bonchev–Trinajstić information content (AvgIpc) is 2.50. The number of carbonyl (C=O) groups is 3. The number of piperidine rings is 1. The van der Waals surface area contributed by atoms with Crippen LogP contribution < -0.4 is 16.6 Å². The number of nitrogens with zero attached hydrogens (tertiary/aromatic N) is 1. The molecular formula is C18H26N4O3. The van der Waals surface area contributed by atoms with E-state index >= 15 is 0 Å². The second-order valence-electron chi connectivity index (χ2n) is 7.70. The molecule has 25 heavy (non-hydrogen) atoms. The highest BCUT2D eigenvalue weighted by Crippen LogP contribution is 2.39. The normalized spacial score (nSPS) is 19.3. The second-order valence-corrected chi connectivity index (χ2v) is 7.70. The number of hydrazine groups is 1. The molecule has 1 aromatic carbocycles. The molecular weight excluding hydrogens is 320 g/mol. The number of rotatable bonds is 3. The number of benzene rings is 1. The van der Waals surface area contributed by atoms with E-state index in [0.717, 1.165) is 0 Å². The van der Waals surface area contributed by atoms with Gasteiger partial charge in [0, 0.05) is 22.7 Å². The Labute approximate surface area is 147 Å². The van der Waals surface area contributed by atoms with Gasteiger partial charge in [-0.1, -0.05) is 18.2 Å². The van der Waals surface area contributed by atoms with Gasteiger partial charge in [-0.3, -0.25) is 19.8 Å². The van der Waals surface area contributed by atoms with E-state index in [1.54, 1.807) is 0 Å². The lowest BCUT2D eigenvalue weighted by molar-refractivity contribution is -0.138. The molecule has 0 unspecified atom stereocenters. The van der Waals surface area contributed by atoms with Gasteiger partial charge < -0.3 is 10.6 Å². The first kappa shape index (κ1) is 18.9. The molecule has 0 radical (unpaired) electrons. The fourth-order valence-electron chi connectivity index (χ4n) is 3.87. The first-order valence-corrected chi connectivity index (χ1v) is 8.29. The predicted molar refractivity (Wildman–Crippen MR) is 94.3 cm³/mol. The van der Waals surface area contributed by atoms with Crippen LogP contribution >= 0.6 is 0 Å². The molecule has 1 aliphatic rings. The molecule has 7 heteroatoms. The largest absolute Gasteiger partial charge is 0.361 e. The van der Waals surface area contributed by atoms with E-state index in [1.165, 1.54) is 0 Å². The maximum absolute atomic E-state index is 13.1. The molecule has 1 aromatic rings. The lowest BCUT2D eigenvalue weighted by Gasteiger charge is -2.55. The van der Waals surface area contributed by atoms with Crippen molar-refractivity contribution in [2.45, 2.75) is 57.7 Å². The Morgan fingerprint density at radius 2 is 1.56 bits per heavy atom. The summed E-state index contributed by atoms with van der Waals surface area (Å²) in [6.07, 6.45) is 1.24. The summed E-state index contributed by atoms with van der Waals surface area (Å²) >= 11 is 0. The molecule has 1 aliphatic heterocycles. The van der Waals surface area contributed by atoms with Crippen LogP contribution in [0.5, 0.6) is 0 Å². The van der Waals surface area contributed by atoms with Crippen LogP contribution in [0.3, 0.4) is 0 Å². The topological polar surface area (TPSA) is 105 Å². The van der Waals surface area contributed by atoms with Crippen molar-refractivity contribution in [2.24, 2.45) is 5.73 Å². The van der Waals surface area contributed by atoms with Crippen LogP contribution in [0.1, 0.15) is 50.9 Å². The Hall–Kier alpha value is -2.41. The van der Waals surface area contributed by atoms with Crippen LogP contribution in [0.15, 0.2) is 30.3 Å². The van der Waals surface area contributed by atoms with Crippen molar-refractivity contribution in [1.82, 2.24) is 15.8 Å². The molecule has 3 amide bonds. The van der Waals surface area contributed by atoms with E-state index in [-0.39, 0.29) is 11.9 Å². The van der Waals surface area contributed by atoms with Crippen LogP contribution in [0.25, 0.3) is 0 Å². The van der Waals surface area contributed by atoms with Crippen LogP contribution in [0.2, 0.25) is 0 Å². The maximum Gasteiger partial charge on any atom is 0.323 e. The minimum absolute atomic E-state index is 0.0183. The Morgan fingerprint density at radius 1 is 1.04 bits per heavy atom. The Morgan fingerprint density at radius 3 is 2.04 bits per heavy atom. The van der Waals surface area contributed by atoms with Gasteiger partial charge in [0.25, 0.3) is 5.91 Å². The van der Waals surface area contributed by atoms with E-state index in [1.807, 2.05) is 62.9 Å². The summed E-state index contributed by atoms with van der Waals surface area (Å²) in [5.74, 6) is -1.93. The molecule has 1 heterocycles. The highest BCUT2D eigenvalue weighted by molar-refractivity contribution is 6.34. The van der Waals surface area contributed by atoms with E-state index in [4.69, 9.17) is 5.73 Å². The minimum atomic E-state index is -1.04. The number of nitrogens with one attached hydrogen (secondary N) is 2. The lowest BCUT2D eigenvalue weighted by atomic mass is 9.76. The van der Waals surface area contributed by atoms with Crippen LogP contribution in [-0.4, -0.2) is 39.7 Å². The maximum atomic E-state index is 13.1. The van der Waals surface area contributed by atoms with Crippen molar-refractivity contribution >= 4 is 17.7 Å². The third-order valence-corrected chi connectivity index (χ3v) is 4.54. The molecule has 0 saturated carbocycles. The van der Waals surface area contributed by atoms with Gasteiger partial charge in [0.15, 0.2) is 0 Å². The summed E-state index contributed by atoms with van der Waals surface area (Å²) in [5.41, 5.74) is 9.92. The molecule has 136 valence electrons. The van der Waals surface area contributed by atoms with E-state index in [0.29, 0.717) is 18.4 Å². The van der Waals surface area contributed by atoms with Gasteiger partial charge in [-0.2, -0.15) is 0 Å². The van der Waals surface area contributed by atoms with Gasteiger partial charge in [0.05, 0.1) is 0 Å². The fraction of sp³-hybridized carbons (Fsp3) is 0.500. The summed E-state index contributed by atoms with van der Waals surface area (Å²) < 4.78 is 0. The van der Waals surface area contributed by atoms with Crippen molar-refractivity contribution in [2.75, 3.05) is 0 Å². The molecule has 0 bridgehead atoms. The third-order valence-electron chi connectivity index (χ3n) is 4.54. The van der Waals surface area contributed by atoms with Gasteiger partial charge >= 0.3 is 11.8 Å². The quantitative estimate of drug-likeness (QED) is 0.560. The summed E-state index contributed by atoms with van der Waals surface area (Å²) in [4.78, 5) is 37.2. The van der Waals surface area contributed by atoms with Crippen molar-refractivity contribution < 1.29 is 14.4 Å². The van der Waals surface area contributed by atoms with Gasteiger partial charge in [-0.05, 0) is 52.7 Å². The monoisotopic (exact) mass is 346 g/mol. The standard InChI is InChI=1S/C18H26N4O3/c1-17(2)10-13(20-21-15(24)14(19)23)11-18(3,4)22(17)16(25)12-8-6-5-7-9-12/h5-9,13,20H,10-11H2,1-4H3,(H2,19,23)(H,21,24). The molecule has 1 saturated heterocycles. The Bertz CT molecular complexity index is 652. The number of hydrogen-bond acceptors (Lipinski definition) is 4. The molecule has 0 aliphatic carbocycles. The number of nitrogens with two attached hydrogens (primary N) is 1. The van der Waals surface area contributed by atoms with Gasteiger partial charge in [0.1, 0.15) is 0 Å². The zero-order valence-corrected chi connectivity index (χ0v) is 15.1. The van der Waals surface area contributed by atoms with Crippen molar-refractivity contribution in [3.63, 3.8) is 0 Å². The van der Waals surface area contributed by atoms with E-state index < -0.39 is 22.9 Å². The van der Waals surface area contributed by atoms with Crippen molar-refractivity contribution in [1.29, 1.82) is 0 Å². The van der Waals surface area contributed by atoms with E-state index in [2.05, 4.69) is 10.9 Å². The molecule has 2 rings (SSSR count). The number of hydrogen-bond donors (Lipinski definition) is 3. The third kappa shape index (κ3) is 4.17. The highest BCUT2D eigenvalue weighted by Gasteiger charge is 2.48. The van der Waals surface area contributed by atoms with Gasteiger partial charge in [-0.15, -0.1) is 0 Å². The SMILES string of the molecule is CC1(C)CC(NNC(=O)C(N)=O)CC(C)(C)N1C(=O)c1ccccc1. The van der Waals surface area contributed by atoms with Gasteiger partial charge in [0.2, 0.25) is 0 Å². The summed E-state index contributed by atoms with van der Waals surface area (Å²) in [6.45, 7) is 8.00. The summed E-state index contributed by atoms with van der Waals surface area (Å²) in [7, 11) is 0. The summed E-state index contributed by atoms with van der Waals surface area (Å²) in [6, 6.07) is 9.11. The lowest BCUT2D eigenvalue weighted by Crippen LogP contribution is -2.67. The van der Waals surface area contributed by atoms with Crippen LogP contribution in [-0.2, 0) is 9.59 Å². The van der Waals surface area contributed by atoms with Crippen molar-refractivity contribution in [3.8, 4) is 0 Å². The number of likely N-dealkylation sites (tertiary alicyclic amines) is 1. The molecule has 7 nitrogen and oxygen atoms in total. The second kappa shape index (κ2) is 6.84. The zero-order chi connectivity index (χ0) is 18.8. The zero-order valence-electron chi connectivity index (χ0n) is 15.1. The van der Waals surface area contributed by atoms with Crippen LogP contribution in [0, 0.1) is 0 Å². The van der Waals surface area contributed by atoms with Crippen molar-refractivity contribution in [3.05, 3.63) is 35.9 Å². The van der Waals surface area contributed by atoms with Gasteiger partial charge in [-0.25, -0.2) is 5.43 Å². The number of primary amides is 1. The highest BCUT2D eigenvalue weighted by atomic mass is 16.2. The number of amides is 3. The minimum Gasteiger partial charge on any atom is -0.361 e. The first-order chi connectivity index (χ1) is 11.5. The smallest absolute Gasteiger partial charge is 0.323 e. The fourth-order valence-corrected chi connectivity index (χ4v) is 3.87. The molecule has 0 spiro atoms. The predicted octanol–water partition coefficient (Wildman–Crippen LogP) is 0.955. The molecule has 0 aromatic heterocycles.